The molecule has 1 heterocycles. The molecule has 0 spiro atoms. The molecule has 1 atom stereocenters. The molecule has 0 aromatic heterocycles. The van der Waals surface area contributed by atoms with Crippen LogP contribution in [0.5, 0.6) is 0 Å². The van der Waals surface area contributed by atoms with E-state index >= 15 is 0 Å². The third-order valence-electron chi connectivity index (χ3n) is 6.07. The maximum atomic E-state index is 13.6. The smallest absolute Gasteiger partial charge is 0.264 e. The standard InChI is InChI=1S/C28H31N3O5S/c1-20-15-21(2)17-22(16-20)31(37(34,35)24-10-4-3-5-11-24)19-27(32)30-26-13-7-6-12-25(26)28(33)29-18-23-9-8-14-36-23/h3-7,10-13,15-17,23H,8-9,14,18-19H2,1-2H3,(H,29,33)(H,30,32)/t23-/m0/s1. The minimum Gasteiger partial charge on any atom is -0.376 e. The van der Waals surface area contributed by atoms with Crippen molar-refractivity contribution in [3.63, 3.8) is 0 Å². The fourth-order valence-electron chi connectivity index (χ4n) is 4.35. The quantitative estimate of drug-likeness (QED) is 0.442. The van der Waals surface area contributed by atoms with E-state index in [1.165, 1.54) is 12.1 Å². The van der Waals surface area contributed by atoms with Gasteiger partial charge in [-0.25, -0.2) is 8.42 Å². The monoisotopic (exact) mass is 521 g/mol. The summed E-state index contributed by atoms with van der Waals surface area (Å²) in [5.41, 5.74) is 2.72. The number of nitrogens with zero attached hydrogens (tertiary/aromatic N) is 1. The topological polar surface area (TPSA) is 105 Å². The van der Waals surface area contributed by atoms with E-state index in [-0.39, 0.29) is 22.5 Å². The predicted molar refractivity (Wildman–Crippen MR) is 143 cm³/mol. The number of sulfonamides is 1. The summed E-state index contributed by atoms with van der Waals surface area (Å²) in [6.07, 6.45) is 1.85. The molecule has 1 fully saturated rings. The summed E-state index contributed by atoms with van der Waals surface area (Å²) in [7, 11) is -4.04. The van der Waals surface area contributed by atoms with E-state index < -0.39 is 22.5 Å². The highest BCUT2D eigenvalue weighted by molar-refractivity contribution is 7.92. The maximum absolute atomic E-state index is 13.6. The van der Waals surface area contributed by atoms with Crippen LogP contribution in [0.3, 0.4) is 0 Å². The number of carbonyl (C=O) groups excluding carboxylic acids is 2. The van der Waals surface area contributed by atoms with Gasteiger partial charge in [0.05, 0.1) is 27.9 Å². The van der Waals surface area contributed by atoms with Crippen molar-refractivity contribution in [1.29, 1.82) is 0 Å². The molecule has 4 rings (SSSR count). The minimum atomic E-state index is -4.04. The number of benzene rings is 3. The second-order valence-corrected chi connectivity index (χ2v) is 11.0. The number of hydrogen-bond donors (Lipinski definition) is 2. The van der Waals surface area contributed by atoms with Crippen LogP contribution < -0.4 is 14.9 Å². The summed E-state index contributed by atoms with van der Waals surface area (Å²) >= 11 is 0. The van der Waals surface area contributed by atoms with Crippen molar-refractivity contribution >= 4 is 33.2 Å². The molecule has 0 radical (unpaired) electrons. The van der Waals surface area contributed by atoms with Crippen molar-refractivity contribution in [2.45, 2.75) is 37.7 Å². The SMILES string of the molecule is Cc1cc(C)cc(N(CC(=O)Nc2ccccc2C(=O)NC[C@@H]2CCCO2)S(=O)(=O)c2ccccc2)c1. The van der Waals surface area contributed by atoms with E-state index in [4.69, 9.17) is 4.74 Å². The van der Waals surface area contributed by atoms with Crippen LogP contribution in [-0.4, -0.2) is 46.0 Å². The molecule has 1 aliphatic rings. The number of anilines is 2. The van der Waals surface area contributed by atoms with Gasteiger partial charge in [-0.2, -0.15) is 0 Å². The van der Waals surface area contributed by atoms with Gasteiger partial charge < -0.3 is 15.4 Å². The number of para-hydroxylation sites is 1. The molecular formula is C28H31N3O5S. The lowest BCUT2D eigenvalue weighted by Crippen LogP contribution is -2.38. The van der Waals surface area contributed by atoms with E-state index in [0.29, 0.717) is 24.5 Å². The Balaban J connectivity index is 1.57. The summed E-state index contributed by atoms with van der Waals surface area (Å²) in [6.45, 7) is 4.35. The van der Waals surface area contributed by atoms with Crippen molar-refractivity contribution in [3.05, 3.63) is 89.5 Å². The number of amides is 2. The Bertz CT molecular complexity index is 1350. The molecule has 0 aliphatic carbocycles. The molecule has 0 bridgehead atoms. The minimum absolute atomic E-state index is 0.0137. The zero-order valence-corrected chi connectivity index (χ0v) is 21.8. The molecule has 37 heavy (non-hydrogen) atoms. The first-order valence-corrected chi connectivity index (χ1v) is 13.6. The number of ether oxygens (including phenoxy) is 1. The van der Waals surface area contributed by atoms with Crippen LogP contribution in [-0.2, 0) is 19.6 Å². The second kappa shape index (κ2) is 11.6. The zero-order valence-electron chi connectivity index (χ0n) is 20.9. The second-order valence-electron chi connectivity index (χ2n) is 9.11. The molecule has 0 unspecified atom stereocenters. The van der Waals surface area contributed by atoms with Crippen LogP contribution >= 0.6 is 0 Å². The Labute approximate surface area is 217 Å². The van der Waals surface area contributed by atoms with Crippen molar-refractivity contribution in [3.8, 4) is 0 Å². The van der Waals surface area contributed by atoms with Gasteiger partial charge >= 0.3 is 0 Å². The Hall–Kier alpha value is -3.69. The molecule has 3 aromatic carbocycles. The normalized spacial score (nSPS) is 15.2. The van der Waals surface area contributed by atoms with Crippen molar-refractivity contribution in [2.75, 3.05) is 29.3 Å². The van der Waals surface area contributed by atoms with Crippen LogP contribution in [0.2, 0.25) is 0 Å². The van der Waals surface area contributed by atoms with Crippen molar-refractivity contribution in [2.24, 2.45) is 0 Å². The maximum Gasteiger partial charge on any atom is 0.264 e. The Kier molecular flexibility index (Phi) is 8.25. The van der Waals surface area contributed by atoms with Gasteiger partial charge in [-0.05, 0) is 74.2 Å². The third kappa shape index (κ3) is 6.55. The molecule has 3 aromatic rings. The van der Waals surface area contributed by atoms with E-state index in [9.17, 15) is 18.0 Å². The lowest BCUT2D eigenvalue weighted by atomic mass is 10.1. The highest BCUT2D eigenvalue weighted by atomic mass is 32.2. The fourth-order valence-corrected chi connectivity index (χ4v) is 5.77. The summed E-state index contributed by atoms with van der Waals surface area (Å²) in [5.74, 6) is -0.910. The summed E-state index contributed by atoms with van der Waals surface area (Å²) in [4.78, 5) is 26.1. The molecule has 1 saturated heterocycles. The van der Waals surface area contributed by atoms with Gasteiger partial charge in [0, 0.05) is 13.2 Å². The van der Waals surface area contributed by atoms with E-state index in [1.54, 1.807) is 54.6 Å². The van der Waals surface area contributed by atoms with Crippen molar-refractivity contribution in [1.82, 2.24) is 5.32 Å². The molecule has 2 N–H and O–H groups in total. The first kappa shape index (κ1) is 26.4. The average molecular weight is 522 g/mol. The van der Waals surface area contributed by atoms with Gasteiger partial charge in [0.15, 0.2) is 0 Å². The van der Waals surface area contributed by atoms with Gasteiger partial charge in [0.25, 0.3) is 15.9 Å². The van der Waals surface area contributed by atoms with Gasteiger partial charge in [-0.1, -0.05) is 36.4 Å². The van der Waals surface area contributed by atoms with Crippen LogP contribution in [0.4, 0.5) is 11.4 Å². The number of rotatable bonds is 9. The highest BCUT2D eigenvalue weighted by Crippen LogP contribution is 2.26. The summed E-state index contributed by atoms with van der Waals surface area (Å²) in [5, 5.41) is 5.59. The Morgan fingerprint density at radius 1 is 0.973 bits per heavy atom. The van der Waals surface area contributed by atoms with Gasteiger partial charge in [-0.3, -0.25) is 13.9 Å². The number of nitrogens with one attached hydrogen (secondary N) is 2. The summed E-state index contributed by atoms with van der Waals surface area (Å²) in [6, 6.07) is 20.0. The van der Waals surface area contributed by atoms with E-state index in [0.717, 1.165) is 28.3 Å². The van der Waals surface area contributed by atoms with Crippen LogP contribution in [0.15, 0.2) is 77.7 Å². The van der Waals surface area contributed by atoms with E-state index in [1.807, 2.05) is 19.9 Å². The van der Waals surface area contributed by atoms with E-state index in [2.05, 4.69) is 10.6 Å². The lowest BCUT2D eigenvalue weighted by Gasteiger charge is -2.25. The molecule has 194 valence electrons. The highest BCUT2D eigenvalue weighted by Gasteiger charge is 2.28. The van der Waals surface area contributed by atoms with Gasteiger partial charge in [0.2, 0.25) is 5.91 Å². The molecular weight excluding hydrogens is 490 g/mol. The number of carbonyl (C=O) groups is 2. The lowest BCUT2D eigenvalue weighted by molar-refractivity contribution is -0.114. The average Bonchev–Trinajstić information content (AvgIpc) is 3.40. The van der Waals surface area contributed by atoms with Crippen LogP contribution in [0.25, 0.3) is 0 Å². The van der Waals surface area contributed by atoms with Gasteiger partial charge in [-0.15, -0.1) is 0 Å². The van der Waals surface area contributed by atoms with Gasteiger partial charge in [0.1, 0.15) is 6.54 Å². The Morgan fingerprint density at radius 2 is 1.65 bits per heavy atom. The van der Waals surface area contributed by atoms with Crippen LogP contribution in [0.1, 0.15) is 34.3 Å². The molecule has 1 aliphatic heterocycles. The number of hydrogen-bond acceptors (Lipinski definition) is 5. The predicted octanol–water partition coefficient (Wildman–Crippen LogP) is 4.05. The zero-order chi connectivity index (χ0) is 26.4. The fraction of sp³-hybridized carbons (Fsp3) is 0.286. The molecule has 9 heteroatoms. The number of aryl methyl sites for hydroxylation is 2. The molecule has 8 nitrogen and oxygen atoms in total. The summed E-state index contributed by atoms with van der Waals surface area (Å²) < 4.78 is 33.9. The first-order valence-electron chi connectivity index (χ1n) is 12.2. The largest absolute Gasteiger partial charge is 0.376 e. The first-order chi connectivity index (χ1) is 17.7. The molecule has 2 amide bonds. The van der Waals surface area contributed by atoms with Crippen LogP contribution in [0, 0.1) is 13.8 Å². The van der Waals surface area contributed by atoms with Crippen molar-refractivity contribution < 1.29 is 22.7 Å². The Morgan fingerprint density at radius 3 is 2.32 bits per heavy atom. The third-order valence-corrected chi connectivity index (χ3v) is 7.86. The molecule has 0 saturated carbocycles.